The molecule has 0 aromatic heterocycles. The SMILES string of the molecule is C#CCC(N)C(=O)NN1C(C)CCCC1C. The van der Waals surface area contributed by atoms with Crippen molar-refractivity contribution in [2.45, 2.75) is 57.7 Å². The highest BCUT2D eigenvalue weighted by Gasteiger charge is 2.27. The second-order valence-corrected chi connectivity index (χ2v) is 4.53. The first-order valence-corrected chi connectivity index (χ1v) is 5.84. The van der Waals surface area contributed by atoms with Crippen LogP contribution in [0.1, 0.15) is 39.5 Å². The molecule has 1 aliphatic heterocycles. The lowest BCUT2D eigenvalue weighted by Crippen LogP contribution is -2.57. The third kappa shape index (κ3) is 3.22. The van der Waals surface area contributed by atoms with Gasteiger partial charge in [0.25, 0.3) is 5.91 Å². The lowest BCUT2D eigenvalue weighted by Gasteiger charge is -2.39. The Morgan fingerprint density at radius 2 is 2.12 bits per heavy atom. The Hall–Kier alpha value is -1.05. The van der Waals surface area contributed by atoms with Crippen molar-refractivity contribution in [1.82, 2.24) is 10.4 Å². The minimum atomic E-state index is -0.605. The molecule has 1 fully saturated rings. The second kappa shape index (κ2) is 5.88. The van der Waals surface area contributed by atoms with Crippen LogP contribution in [0, 0.1) is 12.3 Å². The average Bonchev–Trinajstić information content (AvgIpc) is 2.23. The minimum Gasteiger partial charge on any atom is -0.319 e. The van der Waals surface area contributed by atoms with Gasteiger partial charge in [-0.15, -0.1) is 12.3 Å². The minimum absolute atomic E-state index is 0.182. The summed E-state index contributed by atoms with van der Waals surface area (Å²) in [6, 6.07) is 0.128. The summed E-state index contributed by atoms with van der Waals surface area (Å²) in [7, 11) is 0. The van der Waals surface area contributed by atoms with Crippen LogP contribution in [0.25, 0.3) is 0 Å². The number of nitrogens with one attached hydrogen (secondary N) is 1. The highest BCUT2D eigenvalue weighted by Crippen LogP contribution is 2.20. The van der Waals surface area contributed by atoms with Crippen molar-refractivity contribution in [3.8, 4) is 12.3 Å². The monoisotopic (exact) mass is 223 g/mol. The number of rotatable bonds is 3. The second-order valence-electron chi connectivity index (χ2n) is 4.53. The summed E-state index contributed by atoms with van der Waals surface area (Å²) in [5.74, 6) is 2.22. The zero-order valence-corrected chi connectivity index (χ0v) is 10.1. The summed E-state index contributed by atoms with van der Waals surface area (Å²) in [6.45, 7) is 4.23. The van der Waals surface area contributed by atoms with E-state index in [9.17, 15) is 4.79 Å². The van der Waals surface area contributed by atoms with Gasteiger partial charge in [0.1, 0.15) is 0 Å². The predicted molar refractivity (Wildman–Crippen MR) is 64.2 cm³/mol. The van der Waals surface area contributed by atoms with Gasteiger partial charge in [-0.1, -0.05) is 6.42 Å². The number of hydrazine groups is 1. The van der Waals surface area contributed by atoms with Gasteiger partial charge in [0.15, 0.2) is 0 Å². The van der Waals surface area contributed by atoms with Crippen LogP contribution in [0.5, 0.6) is 0 Å². The summed E-state index contributed by atoms with van der Waals surface area (Å²) in [5.41, 5.74) is 8.53. The summed E-state index contributed by atoms with van der Waals surface area (Å²) in [5, 5.41) is 2.00. The molecule has 90 valence electrons. The van der Waals surface area contributed by atoms with E-state index < -0.39 is 6.04 Å². The first-order chi connectivity index (χ1) is 7.56. The number of carbonyl (C=O) groups is 1. The fraction of sp³-hybridized carbons (Fsp3) is 0.750. The standard InChI is InChI=1S/C12H21N3O/c1-4-6-11(13)12(16)14-15-9(2)7-5-8-10(15)3/h1,9-11H,5-8,13H2,2-3H3,(H,14,16). The van der Waals surface area contributed by atoms with E-state index in [1.807, 2.05) is 5.01 Å². The van der Waals surface area contributed by atoms with Crippen LogP contribution in [0.2, 0.25) is 0 Å². The normalized spacial score (nSPS) is 28.1. The summed E-state index contributed by atoms with van der Waals surface area (Å²) in [6.07, 6.45) is 8.84. The van der Waals surface area contributed by atoms with Crippen LogP contribution in [0.15, 0.2) is 0 Å². The van der Waals surface area contributed by atoms with E-state index in [-0.39, 0.29) is 12.3 Å². The van der Waals surface area contributed by atoms with Crippen molar-refractivity contribution in [1.29, 1.82) is 0 Å². The third-order valence-corrected chi connectivity index (χ3v) is 3.11. The fourth-order valence-electron chi connectivity index (χ4n) is 2.07. The highest BCUT2D eigenvalue weighted by atomic mass is 16.2. The molecule has 1 saturated heterocycles. The van der Waals surface area contributed by atoms with Gasteiger partial charge in [0.05, 0.1) is 6.04 Å². The molecule has 16 heavy (non-hydrogen) atoms. The molecule has 0 aromatic rings. The molecule has 3 atom stereocenters. The van der Waals surface area contributed by atoms with E-state index >= 15 is 0 Å². The van der Waals surface area contributed by atoms with Gasteiger partial charge in [0, 0.05) is 18.5 Å². The van der Waals surface area contributed by atoms with E-state index in [0.717, 1.165) is 12.8 Å². The summed E-state index contributed by atoms with van der Waals surface area (Å²) >= 11 is 0. The van der Waals surface area contributed by atoms with Crippen LogP contribution in [-0.4, -0.2) is 29.0 Å². The van der Waals surface area contributed by atoms with Crippen molar-refractivity contribution in [2.75, 3.05) is 0 Å². The largest absolute Gasteiger partial charge is 0.319 e. The van der Waals surface area contributed by atoms with Gasteiger partial charge in [-0.2, -0.15) is 0 Å². The Bertz CT molecular complexity index is 274. The maximum Gasteiger partial charge on any atom is 0.252 e. The van der Waals surface area contributed by atoms with E-state index in [2.05, 4.69) is 25.2 Å². The Morgan fingerprint density at radius 3 is 2.62 bits per heavy atom. The van der Waals surface area contributed by atoms with Crippen LogP contribution >= 0.6 is 0 Å². The molecule has 3 N–H and O–H groups in total. The summed E-state index contributed by atoms with van der Waals surface area (Å²) < 4.78 is 0. The van der Waals surface area contributed by atoms with Gasteiger partial charge >= 0.3 is 0 Å². The molecule has 0 aromatic carbocycles. The van der Waals surface area contributed by atoms with Crippen LogP contribution < -0.4 is 11.2 Å². The molecule has 1 heterocycles. The first kappa shape index (κ1) is 13.0. The number of hydrogen-bond donors (Lipinski definition) is 2. The number of nitrogens with zero attached hydrogens (tertiary/aromatic N) is 1. The molecular formula is C12H21N3O. The Labute approximate surface area is 97.5 Å². The van der Waals surface area contributed by atoms with Crippen molar-refractivity contribution in [3.05, 3.63) is 0 Å². The molecular weight excluding hydrogens is 202 g/mol. The molecule has 4 heteroatoms. The third-order valence-electron chi connectivity index (χ3n) is 3.11. The van der Waals surface area contributed by atoms with Gasteiger partial charge < -0.3 is 5.73 Å². The zero-order valence-electron chi connectivity index (χ0n) is 10.1. The van der Waals surface area contributed by atoms with Gasteiger partial charge in [-0.25, -0.2) is 5.01 Å². The van der Waals surface area contributed by atoms with Gasteiger partial charge in [-0.05, 0) is 26.7 Å². The highest BCUT2D eigenvalue weighted by molar-refractivity contribution is 5.81. The van der Waals surface area contributed by atoms with E-state index in [0.29, 0.717) is 12.1 Å². The van der Waals surface area contributed by atoms with Crippen molar-refractivity contribution >= 4 is 5.91 Å². The quantitative estimate of drug-likeness (QED) is 0.690. The smallest absolute Gasteiger partial charge is 0.252 e. The molecule has 1 rings (SSSR count). The van der Waals surface area contributed by atoms with Crippen molar-refractivity contribution in [3.63, 3.8) is 0 Å². The molecule has 3 unspecified atom stereocenters. The maximum absolute atomic E-state index is 11.7. The van der Waals surface area contributed by atoms with Crippen molar-refractivity contribution in [2.24, 2.45) is 5.73 Å². The van der Waals surface area contributed by atoms with Crippen LogP contribution in [-0.2, 0) is 4.79 Å². The summed E-state index contributed by atoms with van der Waals surface area (Å²) in [4.78, 5) is 11.7. The van der Waals surface area contributed by atoms with Crippen LogP contribution in [0.4, 0.5) is 0 Å². The number of nitrogens with two attached hydrogens (primary N) is 1. The Morgan fingerprint density at radius 1 is 1.56 bits per heavy atom. The predicted octanol–water partition coefficient (Wildman–Crippen LogP) is 0.631. The number of amides is 1. The number of piperidine rings is 1. The van der Waals surface area contributed by atoms with Crippen molar-refractivity contribution < 1.29 is 4.79 Å². The Balaban J connectivity index is 2.51. The first-order valence-electron chi connectivity index (χ1n) is 5.84. The van der Waals surface area contributed by atoms with Gasteiger partial charge in [0.2, 0.25) is 0 Å². The molecule has 4 nitrogen and oxygen atoms in total. The molecule has 0 bridgehead atoms. The molecule has 0 saturated carbocycles. The number of terminal acetylenes is 1. The maximum atomic E-state index is 11.7. The molecule has 1 aliphatic rings. The zero-order chi connectivity index (χ0) is 12.1. The topological polar surface area (TPSA) is 58.4 Å². The molecule has 0 spiro atoms. The Kier molecular flexibility index (Phi) is 4.78. The van der Waals surface area contributed by atoms with Gasteiger partial charge in [-0.3, -0.25) is 10.2 Å². The lowest BCUT2D eigenvalue weighted by molar-refractivity contribution is -0.130. The molecule has 1 amide bonds. The molecule has 0 aliphatic carbocycles. The van der Waals surface area contributed by atoms with Crippen LogP contribution in [0.3, 0.4) is 0 Å². The average molecular weight is 223 g/mol. The number of hydrogen-bond acceptors (Lipinski definition) is 3. The fourth-order valence-corrected chi connectivity index (χ4v) is 2.07. The molecule has 0 radical (unpaired) electrons. The van der Waals surface area contributed by atoms with E-state index in [1.54, 1.807) is 0 Å². The number of carbonyl (C=O) groups excluding carboxylic acids is 1. The van der Waals surface area contributed by atoms with E-state index in [4.69, 9.17) is 12.2 Å². The van der Waals surface area contributed by atoms with E-state index in [1.165, 1.54) is 6.42 Å². The lowest BCUT2D eigenvalue weighted by atomic mass is 10.00.